The van der Waals surface area contributed by atoms with Gasteiger partial charge in [0.25, 0.3) is 0 Å². The molecule has 0 spiro atoms. The standard InChI is InChI=1S/C7H10N4S/c1-2-11-3-5-6(9-4-8-5)10-7(11)12/h4H,2-3H2,1H3,(H,8,9)(H,10,12). The number of nitrogens with zero attached hydrogens (tertiary/aromatic N) is 2. The topological polar surface area (TPSA) is 44.0 Å². The number of imidazole rings is 1. The highest BCUT2D eigenvalue weighted by Gasteiger charge is 2.19. The van der Waals surface area contributed by atoms with Gasteiger partial charge < -0.3 is 15.2 Å². The number of H-pyrrole nitrogens is 1. The Labute approximate surface area is 76.0 Å². The van der Waals surface area contributed by atoms with Crippen molar-refractivity contribution in [3.05, 3.63) is 12.0 Å². The quantitative estimate of drug-likeness (QED) is 0.634. The minimum absolute atomic E-state index is 0.761. The number of thiocarbonyl (C=S) groups is 1. The second-order valence-electron chi connectivity index (χ2n) is 2.67. The van der Waals surface area contributed by atoms with Crippen LogP contribution in [0, 0.1) is 0 Å². The first-order valence-electron chi connectivity index (χ1n) is 3.89. The SMILES string of the molecule is CCN1Cc2[nH]cnc2NC1=S. The summed E-state index contributed by atoms with van der Waals surface area (Å²) in [6.07, 6.45) is 1.68. The second-order valence-corrected chi connectivity index (χ2v) is 3.06. The molecule has 5 heteroatoms. The maximum absolute atomic E-state index is 5.13. The Hall–Kier alpha value is -1.10. The summed E-state index contributed by atoms with van der Waals surface area (Å²) in [6.45, 7) is 3.83. The lowest BCUT2D eigenvalue weighted by Gasteiger charge is -2.27. The highest BCUT2D eigenvalue weighted by atomic mass is 32.1. The van der Waals surface area contributed by atoms with Gasteiger partial charge in [0.2, 0.25) is 0 Å². The zero-order valence-corrected chi connectivity index (χ0v) is 7.61. The molecular formula is C7H10N4S. The first kappa shape index (κ1) is 7.54. The van der Waals surface area contributed by atoms with E-state index < -0.39 is 0 Å². The molecule has 0 aliphatic carbocycles. The van der Waals surface area contributed by atoms with Gasteiger partial charge in [-0.05, 0) is 19.1 Å². The maximum Gasteiger partial charge on any atom is 0.174 e. The zero-order chi connectivity index (χ0) is 8.55. The Bertz CT molecular complexity index is 306. The third kappa shape index (κ3) is 1.06. The molecule has 4 nitrogen and oxygen atoms in total. The van der Waals surface area contributed by atoms with E-state index in [1.165, 1.54) is 0 Å². The van der Waals surface area contributed by atoms with Crippen molar-refractivity contribution in [3.63, 3.8) is 0 Å². The first-order chi connectivity index (χ1) is 5.81. The number of nitrogens with one attached hydrogen (secondary N) is 2. The van der Waals surface area contributed by atoms with Gasteiger partial charge in [-0.25, -0.2) is 4.98 Å². The molecule has 1 aromatic heterocycles. The molecule has 0 bridgehead atoms. The molecular weight excluding hydrogens is 172 g/mol. The van der Waals surface area contributed by atoms with Crippen molar-refractivity contribution >= 4 is 23.1 Å². The van der Waals surface area contributed by atoms with Crippen LogP contribution in [-0.4, -0.2) is 26.5 Å². The molecule has 12 heavy (non-hydrogen) atoms. The maximum atomic E-state index is 5.13. The number of rotatable bonds is 1. The largest absolute Gasteiger partial charge is 0.345 e. The van der Waals surface area contributed by atoms with Crippen LogP contribution in [-0.2, 0) is 6.54 Å². The van der Waals surface area contributed by atoms with Crippen molar-refractivity contribution in [2.75, 3.05) is 11.9 Å². The van der Waals surface area contributed by atoms with Crippen LogP contribution in [0.3, 0.4) is 0 Å². The van der Waals surface area contributed by atoms with Crippen molar-refractivity contribution in [1.82, 2.24) is 14.9 Å². The highest BCUT2D eigenvalue weighted by Crippen LogP contribution is 2.18. The van der Waals surface area contributed by atoms with Crippen LogP contribution in [0.4, 0.5) is 5.82 Å². The van der Waals surface area contributed by atoms with Crippen LogP contribution >= 0.6 is 12.2 Å². The Morgan fingerprint density at radius 1 is 1.75 bits per heavy atom. The summed E-state index contributed by atoms with van der Waals surface area (Å²) in [5.74, 6) is 0.865. The summed E-state index contributed by atoms with van der Waals surface area (Å²) in [5, 5.41) is 3.82. The van der Waals surface area contributed by atoms with Crippen LogP contribution < -0.4 is 5.32 Å². The van der Waals surface area contributed by atoms with E-state index >= 15 is 0 Å². The fraction of sp³-hybridized carbons (Fsp3) is 0.429. The number of hydrogen-bond acceptors (Lipinski definition) is 2. The molecule has 0 aromatic carbocycles. The third-order valence-electron chi connectivity index (χ3n) is 1.96. The van der Waals surface area contributed by atoms with Gasteiger partial charge in [0.05, 0.1) is 18.6 Å². The molecule has 0 radical (unpaired) electrons. The van der Waals surface area contributed by atoms with E-state index in [9.17, 15) is 0 Å². The first-order valence-corrected chi connectivity index (χ1v) is 4.30. The Morgan fingerprint density at radius 3 is 3.33 bits per heavy atom. The van der Waals surface area contributed by atoms with E-state index in [-0.39, 0.29) is 0 Å². The molecule has 0 amide bonds. The minimum atomic E-state index is 0.761. The molecule has 2 heterocycles. The van der Waals surface area contributed by atoms with Crippen LogP contribution in [0.2, 0.25) is 0 Å². The Kier molecular flexibility index (Phi) is 1.73. The summed E-state index contributed by atoms with van der Waals surface area (Å²) in [6, 6.07) is 0. The van der Waals surface area contributed by atoms with Crippen LogP contribution in [0.5, 0.6) is 0 Å². The lowest BCUT2D eigenvalue weighted by molar-refractivity contribution is 0.431. The fourth-order valence-electron chi connectivity index (χ4n) is 1.25. The van der Waals surface area contributed by atoms with Crippen LogP contribution in [0.25, 0.3) is 0 Å². The molecule has 1 aliphatic rings. The van der Waals surface area contributed by atoms with Crippen molar-refractivity contribution in [2.24, 2.45) is 0 Å². The monoisotopic (exact) mass is 182 g/mol. The molecule has 1 aromatic rings. The number of fused-ring (bicyclic) bond motifs is 1. The molecule has 2 N–H and O–H groups in total. The number of anilines is 1. The van der Waals surface area contributed by atoms with Crippen LogP contribution in [0.1, 0.15) is 12.6 Å². The fourth-order valence-corrected chi connectivity index (χ4v) is 1.54. The Balaban J connectivity index is 2.29. The van der Waals surface area contributed by atoms with Gasteiger partial charge in [-0.3, -0.25) is 0 Å². The molecule has 64 valence electrons. The summed E-state index contributed by atoms with van der Waals surface area (Å²) in [5.41, 5.74) is 1.10. The van der Waals surface area contributed by atoms with E-state index in [1.807, 2.05) is 0 Å². The van der Waals surface area contributed by atoms with Gasteiger partial charge in [0, 0.05) is 6.54 Å². The lowest BCUT2D eigenvalue weighted by Crippen LogP contribution is -2.38. The predicted molar refractivity (Wildman–Crippen MR) is 50.9 cm³/mol. The summed E-state index contributed by atoms with van der Waals surface area (Å²) in [7, 11) is 0. The van der Waals surface area contributed by atoms with Gasteiger partial charge in [-0.15, -0.1) is 0 Å². The van der Waals surface area contributed by atoms with Crippen molar-refractivity contribution in [3.8, 4) is 0 Å². The molecule has 0 saturated carbocycles. The van der Waals surface area contributed by atoms with E-state index in [0.29, 0.717) is 0 Å². The van der Waals surface area contributed by atoms with Crippen LogP contribution in [0.15, 0.2) is 6.33 Å². The van der Waals surface area contributed by atoms with E-state index in [0.717, 1.165) is 29.7 Å². The summed E-state index contributed by atoms with van der Waals surface area (Å²) < 4.78 is 0. The molecule has 2 rings (SSSR count). The lowest BCUT2D eigenvalue weighted by atomic mass is 10.3. The van der Waals surface area contributed by atoms with Gasteiger partial charge in [0.15, 0.2) is 10.9 Å². The summed E-state index contributed by atoms with van der Waals surface area (Å²) in [4.78, 5) is 9.24. The minimum Gasteiger partial charge on any atom is -0.345 e. The number of hydrogen-bond donors (Lipinski definition) is 2. The van der Waals surface area contributed by atoms with Crippen molar-refractivity contribution in [1.29, 1.82) is 0 Å². The normalized spacial score (nSPS) is 15.8. The number of aromatic amines is 1. The average molecular weight is 182 g/mol. The smallest absolute Gasteiger partial charge is 0.174 e. The van der Waals surface area contributed by atoms with Crippen molar-refractivity contribution in [2.45, 2.75) is 13.5 Å². The van der Waals surface area contributed by atoms with Gasteiger partial charge in [-0.2, -0.15) is 0 Å². The third-order valence-corrected chi connectivity index (χ3v) is 2.32. The second kappa shape index (κ2) is 2.75. The van der Waals surface area contributed by atoms with E-state index in [2.05, 4.69) is 27.1 Å². The number of aromatic nitrogens is 2. The predicted octanol–water partition coefficient (Wildman–Crippen LogP) is 0.942. The molecule has 0 unspecified atom stereocenters. The molecule has 1 aliphatic heterocycles. The Morgan fingerprint density at radius 2 is 2.58 bits per heavy atom. The van der Waals surface area contributed by atoms with Gasteiger partial charge in [-0.1, -0.05) is 0 Å². The van der Waals surface area contributed by atoms with Gasteiger partial charge >= 0.3 is 0 Å². The molecule has 0 saturated heterocycles. The summed E-state index contributed by atoms with van der Waals surface area (Å²) >= 11 is 5.13. The zero-order valence-electron chi connectivity index (χ0n) is 6.79. The highest BCUT2D eigenvalue weighted by molar-refractivity contribution is 7.80. The molecule has 0 atom stereocenters. The van der Waals surface area contributed by atoms with E-state index in [4.69, 9.17) is 12.2 Å². The average Bonchev–Trinajstić information content (AvgIpc) is 2.49. The van der Waals surface area contributed by atoms with E-state index in [1.54, 1.807) is 6.33 Å². The van der Waals surface area contributed by atoms with Gasteiger partial charge in [0.1, 0.15) is 0 Å². The molecule has 0 fully saturated rings. The van der Waals surface area contributed by atoms with Crippen molar-refractivity contribution < 1.29 is 0 Å².